The van der Waals surface area contributed by atoms with Crippen LogP contribution in [0.4, 0.5) is 0 Å². The van der Waals surface area contributed by atoms with Gasteiger partial charge in [0, 0.05) is 18.8 Å². The number of nitrogens with one attached hydrogen (secondary N) is 1. The van der Waals surface area contributed by atoms with E-state index >= 15 is 0 Å². The highest BCUT2D eigenvalue weighted by Crippen LogP contribution is 2.22. The Morgan fingerprint density at radius 3 is 2.65 bits per heavy atom. The second kappa shape index (κ2) is 9.61. The van der Waals surface area contributed by atoms with Crippen molar-refractivity contribution in [3.8, 4) is 17.4 Å². The lowest BCUT2D eigenvalue weighted by molar-refractivity contribution is -0.123. The molecule has 1 aliphatic rings. The molecule has 1 aliphatic carbocycles. The largest absolute Gasteiger partial charge is 0.484 e. The number of carbonyl (C=O) groups excluding carboxylic acids is 1. The fourth-order valence-corrected chi connectivity index (χ4v) is 2.83. The van der Waals surface area contributed by atoms with Crippen LogP contribution in [0.3, 0.4) is 0 Å². The van der Waals surface area contributed by atoms with E-state index in [-0.39, 0.29) is 12.5 Å². The van der Waals surface area contributed by atoms with Crippen LogP contribution in [0.15, 0.2) is 60.3 Å². The first-order chi connectivity index (χ1) is 12.8. The van der Waals surface area contributed by atoms with Crippen LogP contribution >= 0.6 is 0 Å². The molecule has 0 bridgehead atoms. The van der Waals surface area contributed by atoms with Gasteiger partial charge in [0.25, 0.3) is 5.91 Å². The highest BCUT2D eigenvalue weighted by Gasteiger charge is 2.06. The topological polar surface area (TPSA) is 60.5 Å². The van der Waals surface area contributed by atoms with Crippen molar-refractivity contribution < 1.29 is 14.3 Å². The molecule has 1 amide bonds. The SMILES string of the molecule is O=C(COc1ccc(Oc2ccccn2)cc1)NCCC1=CCCCC1. The van der Waals surface area contributed by atoms with E-state index in [4.69, 9.17) is 9.47 Å². The number of amides is 1. The first kappa shape index (κ1) is 18.0. The molecule has 26 heavy (non-hydrogen) atoms. The van der Waals surface area contributed by atoms with Crippen molar-refractivity contribution in [1.29, 1.82) is 0 Å². The average Bonchev–Trinajstić information content (AvgIpc) is 2.69. The number of carbonyl (C=O) groups is 1. The van der Waals surface area contributed by atoms with E-state index in [2.05, 4.69) is 16.4 Å². The molecular formula is C21H24N2O3. The normalized spacial score (nSPS) is 13.6. The fraction of sp³-hybridized carbons (Fsp3) is 0.333. The van der Waals surface area contributed by atoms with Gasteiger partial charge in [-0.15, -0.1) is 0 Å². The van der Waals surface area contributed by atoms with Gasteiger partial charge in [0.1, 0.15) is 11.5 Å². The standard InChI is InChI=1S/C21H24N2O3/c24-20(22-15-13-17-6-2-1-3-7-17)16-25-18-9-11-19(12-10-18)26-21-8-4-5-14-23-21/h4-6,8-12,14H,1-3,7,13,15-16H2,(H,22,24). The van der Waals surface area contributed by atoms with Crippen molar-refractivity contribution >= 4 is 5.91 Å². The average molecular weight is 352 g/mol. The van der Waals surface area contributed by atoms with Crippen LogP contribution < -0.4 is 14.8 Å². The zero-order valence-corrected chi connectivity index (χ0v) is 14.8. The summed E-state index contributed by atoms with van der Waals surface area (Å²) in [5, 5.41) is 2.91. The Bertz CT molecular complexity index is 727. The predicted molar refractivity (Wildman–Crippen MR) is 100 cm³/mol. The quantitative estimate of drug-likeness (QED) is 0.721. The van der Waals surface area contributed by atoms with Crippen molar-refractivity contribution in [1.82, 2.24) is 10.3 Å². The number of hydrogen-bond donors (Lipinski definition) is 1. The second-order valence-electron chi connectivity index (χ2n) is 6.24. The molecule has 0 saturated heterocycles. The van der Waals surface area contributed by atoms with Crippen LogP contribution in [-0.2, 0) is 4.79 Å². The number of hydrogen-bond acceptors (Lipinski definition) is 4. The Kier molecular flexibility index (Phi) is 6.65. The van der Waals surface area contributed by atoms with Crippen LogP contribution in [0.5, 0.6) is 17.4 Å². The van der Waals surface area contributed by atoms with E-state index in [1.165, 1.54) is 31.3 Å². The summed E-state index contributed by atoms with van der Waals surface area (Å²) in [4.78, 5) is 16.0. The Hall–Kier alpha value is -2.82. The summed E-state index contributed by atoms with van der Waals surface area (Å²) in [6, 6.07) is 12.6. The van der Waals surface area contributed by atoms with Crippen molar-refractivity contribution in [2.75, 3.05) is 13.2 Å². The van der Waals surface area contributed by atoms with Gasteiger partial charge >= 0.3 is 0 Å². The molecule has 5 nitrogen and oxygen atoms in total. The molecule has 136 valence electrons. The lowest BCUT2D eigenvalue weighted by atomic mass is 9.97. The molecule has 1 heterocycles. The zero-order chi connectivity index (χ0) is 18.0. The molecule has 1 aromatic heterocycles. The fourth-order valence-electron chi connectivity index (χ4n) is 2.83. The van der Waals surface area contributed by atoms with E-state index in [9.17, 15) is 4.79 Å². The summed E-state index contributed by atoms with van der Waals surface area (Å²) in [5.74, 6) is 1.73. The lowest BCUT2D eigenvalue weighted by Gasteiger charge is -2.13. The monoisotopic (exact) mass is 352 g/mol. The van der Waals surface area contributed by atoms with E-state index in [0.717, 1.165) is 6.42 Å². The second-order valence-corrected chi connectivity index (χ2v) is 6.24. The van der Waals surface area contributed by atoms with Gasteiger partial charge < -0.3 is 14.8 Å². The van der Waals surface area contributed by atoms with Gasteiger partial charge in [-0.25, -0.2) is 4.98 Å². The molecule has 0 atom stereocenters. The van der Waals surface area contributed by atoms with Crippen molar-refractivity contribution in [2.45, 2.75) is 32.1 Å². The van der Waals surface area contributed by atoms with E-state index in [0.29, 0.717) is 23.9 Å². The van der Waals surface area contributed by atoms with Gasteiger partial charge in [0.05, 0.1) is 0 Å². The zero-order valence-electron chi connectivity index (χ0n) is 14.8. The Morgan fingerprint density at radius 2 is 1.92 bits per heavy atom. The molecule has 1 N–H and O–H groups in total. The summed E-state index contributed by atoms with van der Waals surface area (Å²) in [5.41, 5.74) is 1.46. The van der Waals surface area contributed by atoms with Gasteiger partial charge in [-0.1, -0.05) is 17.7 Å². The van der Waals surface area contributed by atoms with E-state index in [1.54, 1.807) is 36.5 Å². The van der Waals surface area contributed by atoms with Crippen LogP contribution in [-0.4, -0.2) is 24.0 Å². The van der Waals surface area contributed by atoms with E-state index in [1.807, 2.05) is 12.1 Å². The molecule has 0 aliphatic heterocycles. The van der Waals surface area contributed by atoms with Crippen molar-refractivity contribution in [2.24, 2.45) is 0 Å². The first-order valence-electron chi connectivity index (χ1n) is 9.06. The predicted octanol–water partition coefficient (Wildman–Crippen LogP) is 4.26. The lowest BCUT2D eigenvalue weighted by Crippen LogP contribution is -2.29. The van der Waals surface area contributed by atoms with Crippen molar-refractivity contribution in [3.05, 3.63) is 60.3 Å². The molecule has 0 fully saturated rings. The summed E-state index contributed by atoms with van der Waals surface area (Å²) in [6.07, 6.45) is 9.81. The Balaban J connectivity index is 1.37. The third-order valence-corrected chi connectivity index (χ3v) is 4.21. The van der Waals surface area contributed by atoms with Gasteiger partial charge in [-0.2, -0.15) is 0 Å². The number of rotatable bonds is 8. The van der Waals surface area contributed by atoms with Crippen LogP contribution in [0.1, 0.15) is 32.1 Å². The number of pyridine rings is 1. The minimum Gasteiger partial charge on any atom is -0.484 e. The van der Waals surface area contributed by atoms with Gasteiger partial charge in [-0.3, -0.25) is 4.79 Å². The minimum absolute atomic E-state index is 0.0134. The smallest absolute Gasteiger partial charge is 0.257 e. The number of nitrogens with zero attached hydrogens (tertiary/aromatic N) is 1. The molecule has 1 aromatic carbocycles. The van der Waals surface area contributed by atoms with Gasteiger partial charge in [-0.05, 0) is 62.4 Å². The summed E-state index contributed by atoms with van der Waals surface area (Å²) in [7, 11) is 0. The van der Waals surface area contributed by atoms with Crippen LogP contribution in [0.25, 0.3) is 0 Å². The van der Waals surface area contributed by atoms with E-state index < -0.39 is 0 Å². The number of ether oxygens (including phenoxy) is 2. The molecule has 0 saturated carbocycles. The maximum absolute atomic E-state index is 11.9. The highest BCUT2D eigenvalue weighted by atomic mass is 16.5. The third-order valence-electron chi connectivity index (χ3n) is 4.21. The maximum atomic E-state index is 11.9. The van der Waals surface area contributed by atoms with Gasteiger partial charge in [0.15, 0.2) is 6.61 Å². The molecule has 0 radical (unpaired) electrons. The number of benzene rings is 1. The number of aromatic nitrogens is 1. The summed E-state index contributed by atoms with van der Waals surface area (Å²) in [6.45, 7) is 0.685. The summed E-state index contributed by atoms with van der Waals surface area (Å²) >= 11 is 0. The van der Waals surface area contributed by atoms with Crippen molar-refractivity contribution in [3.63, 3.8) is 0 Å². The molecule has 0 unspecified atom stereocenters. The maximum Gasteiger partial charge on any atom is 0.257 e. The first-order valence-corrected chi connectivity index (χ1v) is 9.06. The molecule has 5 heteroatoms. The number of allylic oxidation sites excluding steroid dienone is 1. The Labute approximate surface area is 154 Å². The minimum atomic E-state index is -0.102. The van der Waals surface area contributed by atoms with Crippen LogP contribution in [0.2, 0.25) is 0 Å². The molecule has 2 aromatic rings. The highest BCUT2D eigenvalue weighted by molar-refractivity contribution is 5.77. The molecule has 3 rings (SSSR count). The van der Waals surface area contributed by atoms with Crippen LogP contribution in [0, 0.1) is 0 Å². The third kappa shape index (κ3) is 5.92. The summed E-state index contributed by atoms with van der Waals surface area (Å²) < 4.78 is 11.1. The molecule has 0 spiro atoms. The Morgan fingerprint density at radius 1 is 1.08 bits per heavy atom. The van der Waals surface area contributed by atoms with Gasteiger partial charge in [0.2, 0.25) is 5.88 Å². The molecular weight excluding hydrogens is 328 g/mol.